The van der Waals surface area contributed by atoms with E-state index < -0.39 is 10.0 Å². The van der Waals surface area contributed by atoms with Crippen molar-refractivity contribution in [1.82, 2.24) is 4.31 Å². The first kappa shape index (κ1) is 18.2. The quantitative estimate of drug-likeness (QED) is 0.914. The van der Waals surface area contributed by atoms with Gasteiger partial charge in [-0.1, -0.05) is 6.42 Å². The van der Waals surface area contributed by atoms with Crippen LogP contribution in [0.15, 0.2) is 29.2 Å². The Morgan fingerprint density at radius 3 is 2.43 bits per heavy atom. The first-order valence-corrected chi connectivity index (χ1v) is 8.32. The lowest BCUT2D eigenvalue weighted by Gasteiger charge is -2.36. The molecule has 1 aromatic carbocycles. The molecule has 1 aromatic rings. The molecule has 1 aliphatic rings. The van der Waals surface area contributed by atoms with Gasteiger partial charge in [0.25, 0.3) is 0 Å². The molecule has 21 heavy (non-hydrogen) atoms. The van der Waals surface area contributed by atoms with Gasteiger partial charge < -0.3 is 10.5 Å². The van der Waals surface area contributed by atoms with Gasteiger partial charge in [-0.3, -0.25) is 0 Å². The summed E-state index contributed by atoms with van der Waals surface area (Å²) in [5.41, 5.74) is 5.95. The van der Waals surface area contributed by atoms with Crippen molar-refractivity contribution >= 4 is 22.4 Å². The molecule has 1 aliphatic heterocycles. The van der Waals surface area contributed by atoms with Gasteiger partial charge in [-0.15, -0.1) is 12.4 Å². The summed E-state index contributed by atoms with van der Waals surface area (Å²) in [7, 11) is -1.93. The maximum Gasteiger partial charge on any atom is 0.243 e. The van der Waals surface area contributed by atoms with Crippen LogP contribution in [0.25, 0.3) is 0 Å². The lowest BCUT2D eigenvalue weighted by atomic mass is 10.00. The molecule has 0 saturated carbocycles. The Morgan fingerprint density at radius 1 is 1.29 bits per heavy atom. The second kappa shape index (κ2) is 7.45. The molecule has 0 radical (unpaired) electrons. The monoisotopic (exact) mass is 334 g/mol. The molecule has 2 rings (SSSR count). The van der Waals surface area contributed by atoms with Crippen LogP contribution in [0.1, 0.15) is 26.2 Å². The minimum atomic E-state index is -3.48. The van der Waals surface area contributed by atoms with Gasteiger partial charge in [0.05, 0.1) is 12.0 Å². The number of hydrogen-bond acceptors (Lipinski definition) is 4. The molecule has 0 bridgehead atoms. The van der Waals surface area contributed by atoms with Crippen molar-refractivity contribution in [2.75, 3.05) is 13.7 Å². The fourth-order valence-corrected chi connectivity index (χ4v) is 4.41. The Hall–Kier alpha value is -0.820. The fourth-order valence-electron chi connectivity index (χ4n) is 2.64. The normalized spacial score (nSPS) is 21.4. The van der Waals surface area contributed by atoms with Gasteiger partial charge in [-0.05, 0) is 44.0 Å². The maximum absolute atomic E-state index is 12.7. The van der Waals surface area contributed by atoms with Crippen LogP contribution in [0.2, 0.25) is 0 Å². The van der Waals surface area contributed by atoms with Crippen LogP contribution in [-0.4, -0.2) is 38.5 Å². The zero-order chi connectivity index (χ0) is 14.8. The molecule has 1 fully saturated rings. The number of rotatable bonds is 4. The molecule has 1 saturated heterocycles. The maximum atomic E-state index is 12.7. The highest BCUT2D eigenvalue weighted by atomic mass is 35.5. The summed E-state index contributed by atoms with van der Waals surface area (Å²) in [6.45, 7) is 2.41. The first-order valence-electron chi connectivity index (χ1n) is 6.88. The summed E-state index contributed by atoms with van der Waals surface area (Å²) in [4.78, 5) is 0.297. The topological polar surface area (TPSA) is 72.6 Å². The van der Waals surface area contributed by atoms with Gasteiger partial charge in [0, 0.05) is 18.6 Å². The Labute approximate surface area is 132 Å². The van der Waals surface area contributed by atoms with Crippen LogP contribution in [-0.2, 0) is 10.0 Å². The van der Waals surface area contributed by atoms with Crippen LogP contribution in [0.3, 0.4) is 0 Å². The second-order valence-corrected chi connectivity index (χ2v) is 7.10. The molecule has 1 heterocycles. The van der Waals surface area contributed by atoms with Gasteiger partial charge in [-0.2, -0.15) is 4.31 Å². The summed E-state index contributed by atoms with van der Waals surface area (Å²) in [5, 5.41) is 0. The number of piperidine rings is 1. The predicted molar refractivity (Wildman–Crippen MR) is 85.4 cm³/mol. The molecule has 0 aromatic heterocycles. The summed E-state index contributed by atoms with van der Waals surface area (Å²) in [6.07, 6.45) is 2.74. The van der Waals surface area contributed by atoms with Crippen molar-refractivity contribution in [2.45, 2.75) is 43.2 Å². The minimum absolute atomic E-state index is 0. The van der Waals surface area contributed by atoms with Gasteiger partial charge in [0.15, 0.2) is 0 Å². The lowest BCUT2D eigenvalue weighted by Crippen LogP contribution is -2.51. The van der Waals surface area contributed by atoms with Crippen LogP contribution in [0.4, 0.5) is 0 Å². The van der Waals surface area contributed by atoms with Crippen molar-refractivity contribution in [2.24, 2.45) is 5.73 Å². The standard InChI is InChI=1S/C14H22N2O3S.ClH/c1-11(15)14-5-3-4-10-16(14)20(17,18)13-8-6-12(19-2)7-9-13;/h6-9,11,14H,3-5,10,15H2,1-2H3;1H. The van der Waals surface area contributed by atoms with Gasteiger partial charge in [0.1, 0.15) is 5.75 Å². The lowest BCUT2D eigenvalue weighted by molar-refractivity contribution is 0.227. The molecule has 7 heteroatoms. The molecule has 2 N–H and O–H groups in total. The highest BCUT2D eigenvalue weighted by molar-refractivity contribution is 7.89. The number of halogens is 1. The van der Waals surface area contributed by atoms with E-state index in [9.17, 15) is 8.42 Å². The highest BCUT2D eigenvalue weighted by Crippen LogP contribution is 2.27. The smallest absolute Gasteiger partial charge is 0.243 e. The number of nitrogens with zero attached hydrogens (tertiary/aromatic N) is 1. The van der Waals surface area contributed by atoms with E-state index in [0.29, 0.717) is 17.2 Å². The third-order valence-corrected chi connectivity index (χ3v) is 5.71. The Kier molecular flexibility index (Phi) is 6.46. The molecular formula is C14H23ClN2O3S. The van der Waals surface area contributed by atoms with E-state index in [1.807, 2.05) is 6.92 Å². The highest BCUT2D eigenvalue weighted by Gasteiger charge is 2.35. The van der Waals surface area contributed by atoms with Gasteiger partial charge >= 0.3 is 0 Å². The molecule has 120 valence electrons. The summed E-state index contributed by atoms with van der Waals surface area (Å²) >= 11 is 0. The van der Waals surface area contributed by atoms with Crippen molar-refractivity contribution < 1.29 is 13.2 Å². The van der Waals surface area contributed by atoms with Crippen molar-refractivity contribution in [3.63, 3.8) is 0 Å². The first-order chi connectivity index (χ1) is 9.46. The number of methoxy groups -OCH3 is 1. The SMILES string of the molecule is COc1ccc(S(=O)(=O)N2CCCCC2C(C)N)cc1.Cl. The third kappa shape index (κ3) is 3.88. The van der Waals surface area contributed by atoms with Crippen molar-refractivity contribution in [3.8, 4) is 5.75 Å². The van der Waals surface area contributed by atoms with E-state index >= 15 is 0 Å². The van der Waals surface area contributed by atoms with Gasteiger partial charge in [0.2, 0.25) is 10.0 Å². The number of ether oxygens (including phenoxy) is 1. The fraction of sp³-hybridized carbons (Fsp3) is 0.571. The van der Waals surface area contributed by atoms with Crippen molar-refractivity contribution in [1.29, 1.82) is 0 Å². The Bertz CT molecular complexity index is 546. The third-order valence-electron chi connectivity index (χ3n) is 3.77. The van der Waals surface area contributed by atoms with Crippen LogP contribution in [0.5, 0.6) is 5.75 Å². The number of nitrogens with two attached hydrogens (primary N) is 1. The van der Waals surface area contributed by atoms with E-state index in [2.05, 4.69) is 0 Å². The second-order valence-electron chi connectivity index (χ2n) is 5.21. The van der Waals surface area contributed by atoms with Gasteiger partial charge in [-0.25, -0.2) is 8.42 Å². The van der Waals surface area contributed by atoms with E-state index in [-0.39, 0.29) is 24.5 Å². The molecular weight excluding hydrogens is 312 g/mol. The van der Waals surface area contributed by atoms with E-state index in [4.69, 9.17) is 10.5 Å². The average molecular weight is 335 g/mol. The summed E-state index contributed by atoms with van der Waals surface area (Å²) < 4.78 is 32.1. The average Bonchev–Trinajstić information content (AvgIpc) is 2.47. The summed E-state index contributed by atoms with van der Waals surface area (Å²) in [5.74, 6) is 0.645. The van der Waals surface area contributed by atoms with Crippen LogP contribution >= 0.6 is 12.4 Å². The summed E-state index contributed by atoms with van der Waals surface area (Å²) in [6, 6.07) is 6.22. The Balaban J connectivity index is 0.00000220. The Morgan fingerprint density at radius 2 is 1.90 bits per heavy atom. The molecule has 0 aliphatic carbocycles. The number of hydrogen-bond donors (Lipinski definition) is 1. The molecule has 0 amide bonds. The minimum Gasteiger partial charge on any atom is -0.497 e. The number of benzene rings is 1. The molecule has 0 spiro atoms. The van der Waals surface area contributed by atoms with E-state index in [0.717, 1.165) is 19.3 Å². The number of sulfonamides is 1. The molecule has 2 atom stereocenters. The zero-order valence-corrected chi connectivity index (χ0v) is 14.0. The zero-order valence-electron chi connectivity index (χ0n) is 12.4. The van der Waals surface area contributed by atoms with E-state index in [1.165, 1.54) is 0 Å². The largest absolute Gasteiger partial charge is 0.497 e. The van der Waals surface area contributed by atoms with E-state index in [1.54, 1.807) is 35.7 Å². The molecule has 5 nitrogen and oxygen atoms in total. The van der Waals surface area contributed by atoms with Crippen molar-refractivity contribution in [3.05, 3.63) is 24.3 Å². The predicted octanol–water partition coefficient (Wildman–Crippen LogP) is 2.01. The van der Waals surface area contributed by atoms with Crippen LogP contribution in [0, 0.1) is 0 Å². The molecule has 2 unspecified atom stereocenters. The van der Waals surface area contributed by atoms with Crippen LogP contribution < -0.4 is 10.5 Å².